The maximum atomic E-state index is 9.26. The van der Waals surface area contributed by atoms with Crippen molar-refractivity contribution in [2.45, 2.75) is 32.4 Å². The number of aryl methyl sites for hydroxylation is 1. The van der Waals surface area contributed by atoms with Crippen LogP contribution in [0.2, 0.25) is 0 Å². The van der Waals surface area contributed by atoms with E-state index >= 15 is 0 Å². The molecular weight excluding hydrogens is 204 g/mol. The average molecular weight is 224 g/mol. The summed E-state index contributed by atoms with van der Waals surface area (Å²) in [7, 11) is 0. The lowest BCUT2D eigenvalue weighted by molar-refractivity contribution is 0.0861. The van der Waals surface area contributed by atoms with Gasteiger partial charge in [0.15, 0.2) is 0 Å². The van der Waals surface area contributed by atoms with Crippen molar-refractivity contribution in [1.82, 2.24) is 10.3 Å². The fourth-order valence-electron chi connectivity index (χ4n) is 1.39. The summed E-state index contributed by atoms with van der Waals surface area (Å²) in [5.41, 5.74) is 1.42. The number of rotatable bonds is 6. The summed E-state index contributed by atoms with van der Waals surface area (Å²) in [5, 5.41) is 21.7. The van der Waals surface area contributed by atoms with E-state index in [0.717, 1.165) is 11.3 Å². The van der Waals surface area contributed by atoms with Crippen molar-refractivity contribution in [2.24, 2.45) is 0 Å². The molecule has 1 aromatic heterocycles. The monoisotopic (exact) mass is 224 g/mol. The van der Waals surface area contributed by atoms with E-state index in [1.54, 1.807) is 0 Å². The van der Waals surface area contributed by atoms with E-state index in [2.05, 4.69) is 10.3 Å². The highest BCUT2D eigenvalue weighted by Gasteiger charge is 2.25. The maximum Gasteiger partial charge on any atom is 0.0648 e. The first-order valence-corrected chi connectivity index (χ1v) is 5.54. The summed E-state index contributed by atoms with van der Waals surface area (Å²) in [4.78, 5) is 4.26. The van der Waals surface area contributed by atoms with Gasteiger partial charge in [0.2, 0.25) is 0 Å². The minimum atomic E-state index is -0.605. The van der Waals surface area contributed by atoms with Gasteiger partial charge >= 0.3 is 0 Å². The molecule has 0 unspecified atom stereocenters. The molecule has 0 saturated carbocycles. The number of aliphatic hydroxyl groups excluding tert-OH is 2. The van der Waals surface area contributed by atoms with Crippen LogP contribution in [0, 0.1) is 6.92 Å². The summed E-state index contributed by atoms with van der Waals surface area (Å²) >= 11 is 0. The Bertz CT molecular complexity index is 299. The van der Waals surface area contributed by atoms with Crippen molar-refractivity contribution in [2.75, 3.05) is 13.2 Å². The van der Waals surface area contributed by atoms with Crippen molar-refractivity contribution in [3.8, 4) is 0 Å². The highest BCUT2D eigenvalue weighted by atomic mass is 16.3. The molecule has 0 aliphatic heterocycles. The van der Waals surface area contributed by atoms with Crippen molar-refractivity contribution in [3.63, 3.8) is 0 Å². The van der Waals surface area contributed by atoms with Crippen LogP contribution in [0.5, 0.6) is 0 Å². The number of hydrogen-bond acceptors (Lipinski definition) is 4. The Balaban J connectivity index is 2.58. The molecule has 0 amide bonds. The Morgan fingerprint density at radius 1 is 1.31 bits per heavy atom. The van der Waals surface area contributed by atoms with E-state index in [1.165, 1.54) is 0 Å². The topological polar surface area (TPSA) is 65.4 Å². The molecule has 4 heteroatoms. The molecular formula is C12H20N2O2. The molecule has 0 radical (unpaired) electrons. The van der Waals surface area contributed by atoms with Crippen LogP contribution in [-0.2, 0) is 6.54 Å². The van der Waals surface area contributed by atoms with Crippen LogP contribution in [0.25, 0.3) is 0 Å². The molecule has 1 rings (SSSR count). The SMILES string of the molecule is CCC(CO)(CO)NCc1ccc(C)cn1. The molecule has 0 aliphatic carbocycles. The molecule has 0 aromatic carbocycles. The summed E-state index contributed by atoms with van der Waals surface area (Å²) < 4.78 is 0. The molecule has 90 valence electrons. The zero-order chi connectivity index (χ0) is 12.0. The molecule has 1 heterocycles. The van der Waals surface area contributed by atoms with Gasteiger partial charge in [-0.2, -0.15) is 0 Å². The van der Waals surface area contributed by atoms with Crippen LogP contribution < -0.4 is 5.32 Å². The molecule has 0 saturated heterocycles. The summed E-state index contributed by atoms with van der Waals surface area (Å²) in [5.74, 6) is 0. The smallest absolute Gasteiger partial charge is 0.0648 e. The maximum absolute atomic E-state index is 9.26. The first-order chi connectivity index (χ1) is 7.65. The van der Waals surface area contributed by atoms with Crippen molar-refractivity contribution in [3.05, 3.63) is 29.6 Å². The van der Waals surface area contributed by atoms with Crippen LogP contribution in [0.4, 0.5) is 0 Å². The Hall–Kier alpha value is -0.970. The van der Waals surface area contributed by atoms with E-state index in [0.29, 0.717) is 13.0 Å². The van der Waals surface area contributed by atoms with E-state index < -0.39 is 5.54 Å². The average Bonchev–Trinajstić information content (AvgIpc) is 2.34. The molecule has 0 atom stereocenters. The summed E-state index contributed by atoms with van der Waals surface area (Å²) in [6.45, 7) is 4.32. The van der Waals surface area contributed by atoms with Crippen molar-refractivity contribution < 1.29 is 10.2 Å². The largest absolute Gasteiger partial charge is 0.394 e. The van der Waals surface area contributed by atoms with Gasteiger partial charge in [-0.15, -0.1) is 0 Å². The third-order valence-electron chi connectivity index (χ3n) is 2.90. The van der Waals surface area contributed by atoms with Gasteiger partial charge in [0.05, 0.1) is 24.4 Å². The lowest BCUT2D eigenvalue weighted by Gasteiger charge is -2.29. The summed E-state index contributed by atoms with van der Waals surface area (Å²) in [6, 6.07) is 3.94. The Labute approximate surface area is 96.3 Å². The van der Waals surface area contributed by atoms with Gasteiger partial charge in [0.1, 0.15) is 0 Å². The lowest BCUT2D eigenvalue weighted by atomic mass is 9.98. The third-order valence-corrected chi connectivity index (χ3v) is 2.90. The van der Waals surface area contributed by atoms with Gasteiger partial charge in [-0.3, -0.25) is 4.98 Å². The molecule has 1 aromatic rings. The van der Waals surface area contributed by atoms with Crippen molar-refractivity contribution >= 4 is 0 Å². The van der Waals surface area contributed by atoms with Crippen molar-refractivity contribution in [1.29, 1.82) is 0 Å². The lowest BCUT2D eigenvalue weighted by Crippen LogP contribution is -2.50. The standard InChI is InChI=1S/C12H20N2O2/c1-3-12(8-15,9-16)14-7-11-5-4-10(2)6-13-11/h4-6,14-16H,3,7-9H2,1-2H3. The zero-order valence-corrected chi connectivity index (χ0v) is 9.90. The number of nitrogens with one attached hydrogen (secondary N) is 1. The number of hydrogen-bond donors (Lipinski definition) is 3. The minimum absolute atomic E-state index is 0.0775. The van der Waals surface area contributed by atoms with E-state index in [-0.39, 0.29) is 13.2 Å². The zero-order valence-electron chi connectivity index (χ0n) is 9.90. The Morgan fingerprint density at radius 3 is 2.44 bits per heavy atom. The van der Waals surface area contributed by atoms with Gasteiger partial charge in [-0.05, 0) is 25.0 Å². The first-order valence-electron chi connectivity index (χ1n) is 5.54. The highest BCUT2D eigenvalue weighted by Crippen LogP contribution is 2.09. The number of nitrogens with zero attached hydrogens (tertiary/aromatic N) is 1. The fraction of sp³-hybridized carbons (Fsp3) is 0.583. The third kappa shape index (κ3) is 3.27. The number of aliphatic hydroxyl groups is 2. The number of pyridine rings is 1. The van der Waals surface area contributed by atoms with Crippen LogP contribution in [-0.4, -0.2) is 33.9 Å². The van der Waals surface area contributed by atoms with Gasteiger partial charge in [0.25, 0.3) is 0 Å². The molecule has 0 spiro atoms. The highest BCUT2D eigenvalue weighted by molar-refractivity contribution is 5.12. The first kappa shape index (κ1) is 13.1. The second-order valence-corrected chi connectivity index (χ2v) is 4.13. The molecule has 0 fully saturated rings. The van der Waals surface area contributed by atoms with Gasteiger partial charge < -0.3 is 15.5 Å². The predicted octanol–water partition coefficient (Wildman–Crippen LogP) is 0.613. The normalized spacial score (nSPS) is 11.8. The van der Waals surface area contributed by atoms with Crippen LogP contribution in [0.1, 0.15) is 24.6 Å². The van der Waals surface area contributed by atoms with Crippen LogP contribution >= 0.6 is 0 Å². The molecule has 4 nitrogen and oxygen atoms in total. The second-order valence-electron chi connectivity index (χ2n) is 4.13. The van der Waals surface area contributed by atoms with E-state index in [1.807, 2.05) is 32.2 Å². The number of aromatic nitrogens is 1. The van der Waals surface area contributed by atoms with Gasteiger partial charge in [-0.1, -0.05) is 13.0 Å². The Morgan fingerprint density at radius 2 is 2.00 bits per heavy atom. The van der Waals surface area contributed by atoms with E-state index in [9.17, 15) is 10.2 Å². The van der Waals surface area contributed by atoms with Gasteiger partial charge in [-0.25, -0.2) is 0 Å². The molecule has 0 bridgehead atoms. The van der Waals surface area contributed by atoms with E-state index in [4.69, 9.17) is 0 Å². The minimum Gasteiger partial charge on any atom is -0.394 e. The van der Waals surface area contributed by atoms with Gasteiger partial charge in [0, 0.05) is 12.7 Å². The molecule has 3 N–H and O–H groups in total. The molecule has 0 aliphatic rings. The quantitative estimate of drug-likeness (QED) is 0.662. The Kier molecular flexibility index (Phi) is 4.86. The predicted molar refractivity (Wildman–Crippen MR) is 63.0 cm³/mol. The van der Waals surface area contributed by atoms with Crippen LogP contribution in [0.15, 0.2) is 18.3 Å². The summed E-state index contributed by atoms with van der Waals surface area (Å²) in [6.07, 6.45) is 2.48. The fourth-order valence-corrected chi connectivity index (χ4v) is 1.39. The molecule has 16 heavy (non-hydrogen) atoms. The van der Waals surface area contributed by atoms with Crippen LogP contribution in [0.3, 0.4) is 0 Å². The second kappa shape index (κ2) is 5.94.